The Morgan fingerprint density at radius 3 is 1.81 bits per heavy atom. The largest absolute Gasteiger partial charge is 0.207 e. The summed E-state index contributed by atoms with van der Waals surface area (Å²) in [4.78, 5) is 0. The van der Waals surface area contributed by atoms with Gasteiger partial charge in [0.25, 0.3) is 0 Å². The number of rotatable bonds is 3. The Balaban J connectivity index is 2.16. The molecule has 0 fully saturated rings. The van der Waals surface area contributed by atoms with Crippen LogP contribution in [0, 0.1) is 11.6 Å². The first-order valence-corrected chi connectivity index (χ1v) is 6.80. The lowest BCUT2D eigenvalue weighted by Gasteiger charge is -2.19. The van der Waals surface area contributed by atoms with E-state index in [0.717, 1.165) is 11.1 Å². The van der Waals surface area contributed by atoms with Crippen molar-refractivity contribution in [3.63, 3.8) is 0 Å². The Morgan fingerprint density at radius 2 is 1.14 bits per heavy atom. The van der Waals surface area contributed by atoms with Crippen molar-refractivity contribution in [2.75, 3.05) is 0 Å². The van der Waals surface area contributed by atoms with Gasteiger partial charge in [0.2, 0.25) is 0 Å². The summed E-state index contributed by atoms with van der Waals surface area (Å²) in [5, 5.41) is 0. The smallest absolute Gasteiger partial charge is 0.127 e. The Morgan fingerprint density at radius 1 is 0.571 bits per heavy atom. The molecule has 0 saturated carbocycles. The van der Waals surface area contributed by atoms with Crippen LogP contribution in [0.5, 0.6) is 0 Å². The van der Waals surface area contributed by atoms with Gasteiger partial charge in [-0.05, 0) is 34.9 Å². The molecule has 21 heavy (non-hydrogen) atoms. The first kappa shape index (κ1) is 13.5. The zero-order valence-corrected chi connectivity index (χ0v) is 11.3. The molecule has 3 aromatic rings. The second-order valence-corrected chi connectivity index (χ2v) is 4.92. The molecule has 0 aliphatic rings. The molecule has 2 heteroatoms. The summed E-state index contributed by atoms with van der Waals surface area (Å²) >= 11 is 0. The highest BCUT2D eigenvalue weighted by atomic mass is 19.1. The van der Waals surface area contributed by atoms with E-state index in [1.54, 1.807) is 24.3 Å². The topological polar surface area (TPSA) is 0 Å². The van der Waals surface area contributed by atoms with E-state index < -0.39 is 0 Å². The third-order valence-corrected chi connectivity index (χ3v) is 3.55. The lowest BCUT2D eigenvalue weighted by molar-refractivity contribution is 0.606. The van der Waals surface area contributed by atoms with Crippen molar-refractivity contribution in [2.24, 2.45) is 0 Å². The lowest BCUT2D eigenvalue weighted by Crippen LogP contribution is -2.05. The van der Waals surface area contributed by atoms with E-state index in [1.807, 2.05) is 36.4 Å². The molecule has 0 aliphatic carbocycles. The number of hydrogen-bond donors (Lipinski definition) is 0. The van der Waals surface area contributed by atoms with Crippen LogP contribution in [-0.4, -0.2) is 0 Å². The molecule has 3 rings (SSSR count). The van der Waals surface area contributed by atoms with E-state index in [0.29, 0.717) is 5.56 Å². The van der Waals surface area contributed by atoms with Gasteiger partial charge >= 0.3 is 0 Å². The summed E-state index contributed by atoms with van der Waals surface area (Å²) < 4.78 is 27.4. The van der Waals surface area contributed by atoms with Crippen LogP contribution >= 0.6 is 0 Å². The molecule has 0 amide bonds. The van der Waals surface area contributed by atoms with E-state index in [2.05, 4.69) is 0 Å². The molecule has 0 saturated heterocycles. The van der Waals surface area contributed by atoms with E-state index in [1.165, 1.54) is 18.2 Å². The van der Waals surface area contributed by atoms with Gasteiger partial charge in [0, 0.05) is 5.92 Å². The van der Waals surface area contributed by atoms with Crippen LogP contribution in [0.3, 0.4) is 0 Å². The zero-order chi connectivity index (χ0) is 14.7. The average Bonchev–Trinajstić information content (AvgIpc) is 2.52. The van der Waals surface area contributed by atoms with Gasteiger partial charge in [-0.3, -0.25) is 0 Å². The van der Waals surface area contributed by atoms with Gasteiger partial charge in [-0.1, -0.05) is 60.7 Å². The summed E-state index contributed by atoms with van der Waals surface area (Å²) in [7, 11) is 0. The fourth-order valence-corrected chi connectivity index (χ4v) is 2.56. The number of hydrogen-bond acceptors (Lipinski definition) is 0. The van der Waals surface area contributed by atoms with E-state index in [-0.39, 0.29) is 17.6 Å². The number of benzene rings is 3. The van der Waals surface area contributed by atoms with E-state index in [9.17, 15) is 8.78 Å². The lowest BCUT2D eigenvalue weighted by atomic mass is 9.85. The molecule has 104 valence electrons. The van der Waals surface area contributed by atoms with Crippen LogP contribution in [0.2, 0.25) is 0 Å². The van der Waals surface area contributed by atoms with Crippen LogP contribution in [0.4, 0.5) is 8.78 Å². The summed E-state index contributed by atoms with van der Waals surface area (Å²) in [6, 6.07) is 22.6. The van der Waals surface area contributed by atoms with Gasteiger partial charge in [0.05, 0.1) is 0 Å². The first-order chi connectivity index (χ1) is 10.3. The normalized spacial score (nSPS) is 12.1. The highest BCUT2D eigenvalue weighted by Crippen LogP contribution is 2.33. The van der Waals surface area contributed by atoms with Crippen LogP contribution in [0.15, 0.2) is 78.9 Å². The van der Waals surface area contributed by atoms with Crippen molar-refractivity contribution < 1.29 is 8.78 Å². The fraction of sp³-hybridized carbons (Fsp3) is 0.0526. The van der Waals surface area contributed by atoms with Crippen molar-refractivity contribution >= 4 is 0 Å². The maximum atomic E-state index is 14.2. The molecular formula is C19H14F2. The minimum Gasteiger partial charge on any atom is -0.207 e. The first-order valence-electron chi connectivity index (χ1n) is 6.80. The third-order valence-electron chi connectivity index (χ3n) is 3.55. The van der Waals surface area contributed by atoms with Crippen molar-refractivity contribution in [3.05, 3.63) is 107 Å². The third kappa shape index (κ3) is 2.84. The molecule has 1 unspecified atom stereocenters. The van der Waals surface area contributed by atoms with Gasteiger partial charge in [-0.25, -0.2) is 8.78 Å². The van der Waals surface area contributed by atoms with Gasteiger partial charge < -0.3 is 0 Å². The maximum absolute atomic E-state index is 14.2. The van der Waals surface area contributed by atoms with E-state index >= 15 is 0 Å². The average molecular weight is 280 g/mol. The predicted molar refractivity (Wildman–Crippen MR) is 80.2 cm³/mol. The summed E-state index contributed by atoms with van der Waals surface area (Å²) in [6.45, 7) is 0. The molecule has 0 N–H and O–H groups in total. The van der Waals surface area contributed by atoms with Crippen LogP contribution in [-0.2, 0) is 0 Å². The number of halogens is 2. The maximum Gasteiger partial charge on any atom is 0.127 e. The van der Waals surface area contributed by atoms with Crippen LogP contribution in [0.1, 0.15) is 22.6 Å². The molecule has 0 radical (unpaired) electrons. The van der Waals surface area contributed by atoms with Crippen molar-refractivity contribution in [1.82, 2.24) is 0 Å². The molecule has 3 aromatic carbocycles. The highest BCUT2D eigenvalue weighted by Gasteiger charge is 2.19. The summed E-state index contributed by atoms with van der Waals surface area (Å²) in [5.74, 6) is -0.789. The Bertz CT molecular complexity index is 718. The second kappa shape index (κ2) is 5.88. The predicted octanol–water partition coefficient (Wildman–Crippen LogP) is 5.15. The quantitative estimate of drug-likeness (QED) is 0.582. The molecule has 0 aliphatic heterocycles. The van der Waals surface area contributed by atoms with Crippen molar-refractivity contribution in [2.45, 2.75) is 5.92 Å². The SMILES string of the molecule is Fc1ccc(C(c2ccccc2)c2ccccc2F)cc1. The molecule has 0 bridgehead atoms. The van der Waals surface area contributed by atoms with Crippen LogP contribution in [0.25, 0.3) is 0 Å². The summed E-state index contributed by atoms with van der Waals surface area (Å²) in [6.07, 6.45) is 0. The van der Waals surface area contributed by atoms with Gasteiger partial charge in [-0.15, -0.1) is 0 Å². The molecule has 0 spiro atoms. The second-order valence-electron chi connectivity index (χ2n) is 4.92. The van der Waals surface area contributed by atoms with E-state index in [4.69, 9.17) is 0 Å². The molecular weight excluding hydrogens is 266 g/mol. The zero-order valence-electron chi connectivity index (χ0n) is 11.3. The molecule has 1 atom stereocenters. The standard InChI is InChI=1S/C19H14F2/c20-16-12-10-15(11-13-16)19(14-6-2-1-3-7-14)17-8-4-5-9-18(17)21/h1-13,19H. The molecule has 0 heterocycles. The fourth-order valence-electron chi connectivity index (χ4n) is 2.56. The van der Waals surface area contributed by atoms with Gasteiger partial charge in [0.15, 0.2) is 0 Å². The highest BCUT2D eigenvalue weighted by molar-refractivity contribution is 5.43. The van der Waals surface area contributed by atoms with Gasteiger partial charge in [0.1, 0.15) is 11.6 Å². The monoisotopic (exact) mass is 280 g/mol. The molecule has 0 nitrogen and oxygen atoms in total. The van der Waals surface area contributed by atoms with Gasteiger partial charge in [-0.2, -0.15) is 0 Å². The molecule has 0 aromatic heterocycles. The summed E-state index contributed by atoms with van der Waals surface area (Å²) in [5.41, 5.74) is 2.44. The minimum absolute atomic E-state index is 0.243. The van der Waals surface area contributed by atoms with Crippen molar-refractivity contribution in [1.29, 1.82) is 0 Å². The Hall–Kier alpha value is -2.48. The minimum atomic E-state index is -0.293. The Labute approximate surface area is 122 Å². The van der Waals surface area contributed by atoms with Crippen LogP contribution < -0.4 is 0 Å². The Kier molecular flexibility index (Phi) is 3.78. The van der Waals surface area contributed by atoms with Crippen molar-refractivity contribution in [3.8, 4) is 0 Å².